The number of likely N-dealkylation sites (N-methyl/N-ethyl adjacent to an activating group) is 1. The van der Waals surface area contributed by atoms with Crippen LogP contribution in [0.4, 0.5) is 0 Å². The van der Waals surface area contributed by atoms with Crippen molar-refractivity contribution in [2.24, 2.45) is 0 Å². The number of rotatable bonds is 6. The molecule has 1 aliphatic rings. The van der Waals surface area contributed by atoms with Gasteiger partial charge in [0.1, 0.15) is 5.01 Å². The summed E-state index contributed by atoms with van der Waals surface area (Å²) in [4.78, 5) is 32.4. The fraction of sp³-hybridized carbons (Fsp3) is 0.250. The first-order valence-corrected chi connectivity index (χ1v) is 9.51. The summed E-state index contributed by atoms with van der Waals surface area (Å²) in [5, 5.41) is 11.4. The maximum atomic E-state index is 12.4. The van der Waals surface area contributed by atoms with E-state index in [0.29, 0.717) is 24.2 Å². The van der Waals surface area contributed by atoms with Crippen molar-refractivity contribution in [3.63, 3.8) is 0 Å². The maximum absolute atomic E-state index is 12.4. The Kier molecular flexibility index (Phi) is 4.73. The number of aliphatic hydroxyl groups is 1. The van der Waals surface area contributed by atoms with Gasteiger partial charge in [0.15, 0.2) is 0 Å². The van der Waals surface area contributed by atoms with Gasteiger partial charge >= 0.3 is 0 Å². The molecule has 2 heterocycles. The third-order valence-corrected chi connectivity index (χ3v) is 5.56. The van der Waals surface area contributed by atoms with E-state index in [0.717, 1.165) is 20.1 Å². The summed E-state index contributed by atoms with van der Waals surface area (Å²) in [7, 11) is 1.89. The maximum Gasteiger partial charge on any atom is 0.261 e. The van der Waals surface area contributed by atoms with Crippen LogP contribution in [0.25, 0.3) is 10.2 Å². The summed E-state index contributed by atoms with van der Waals surface area (Å²) < 4.78 is 1.13. The van der Waals surface area contributed by atoms with Crippen LogP contribution in [-0.4, -0.2) is 57.9 Å². The molecule has 3 aromatic rings. The minimum absolute atomic E-state index is 0.0173. The molecule has 0 bridgehead atoms. The number of β-amino-alcohol motifs (C(OH)–C–C–N with tert-alkyl or cyclic N) is 1. The average Bonchev–Trinajstić information content (AvgIpc) is 3.16. The van der Waals surface area contributed by atoms with Gasteiger partial charge in [-0.2, -0.15) is 0 Å². The first-order chi connectivity index (χ1) is 13.0. The van der Waals surface area contributed by atoms with Gasteiger partial charge in [0, 0.05) is 6.54 Å². The summed E-state index contributed by atoms with van der Waals surface area (Å²) in [6, 6.07) is 14.7. The Morgan fingerprint density at radius 3 is 2.37 bits per heavy atom. The van der Waals surface area contributed by atoms with Gasteiger partial charge in [-0.1, -0.05) is 24.3 Å². The Morgan fingerprint density at radius 1 is 1.07 bits per heavy atom. The zero-order chi connectivity index (χ0) is 19.0. The molecule has 0 saturated carbocycles. The highest BCUT2D eigenvalue weighted by Crippen LogP contribution is 2.24. The number of hydrogen-bond acceptors (Lipinski definition) is 6. The molecule has 2 aromatic carbocycles. The molecule has 2 amide bonds. The number of amides is 2. The van der Waals surface area contributed by atoms with Gasteiger partial charge < -0.3 is 5.11 Å². The number of nitrogens with zero attached hydrogens (tertiary/aromatic N) is 3. The number of fused-ring (bicyclic) bond motifs is 2. The van der Waals surface area contributed by atoms with E-state index in [-0.39, 0.29) is 18.4 Å². The predicted octanol–water partition coefficient (Wildman–Crippen LogP) is 2.39. The molecule has 1 aromatic heterocycles. The van der Waals surface area contributed by atoms with Crippen LogP contribution in [0.1, 0.15) is 25.7 Å². The van der Waals surface area contributed by atoms with Gasteiger partial charge in [0.25, 0.3) is 11.8 Å². The lowest BCUT2D eigenvalue weighted by Gasteiger charge is -2.23. The molecular weight excluding hydrogens is 362 g/mol. The van der Waals surface area contributed by atoms with Crippen molar-refractivity contribution in [1.29, 1.82) is 0 Å². The van der Waals surface area contributed by atoms with E-state index in [1.165, 1.54) is 0 Å². The molecular formula is C20H19N3O3S. The molecule has 27 heavy (non-hydrogen) atoms. The first kappa shape index (κ1) is 17.8. The normalized spacial score (nSPS) is 15.0. The third-order valence-electron chi connectivity index (χ3n) is 4.54. The van der Waals surface area contributed by atoms with E-state index in [1.54, 1.807) is 35.6 Å². The molecule has 0 fully saturated rings. The van der Waals surface area contributed by atoms with Crippen LogP contribution in [0.5, 0.6) is 0 Å². The Bertz CT molecular complexity index is 948. The highest BCUT2D eigenvalue weighted by molar-refractivity contribution is 7.18. The van der Waals surface area contributed by atoms with Crippen molar-refractivity contribution in [3.05, 3.63) is 64.7 Å². The Hall–Kier alpha value is -2.61. The van der Waals surface area contributed by atoms with Crippen molar-refractivity contribution in [2.75, 3.05) is 20.1 Å². The van der Waals surface area contributed by atoms with Crippen LogP contribution < -0.4 is 0 Å². The van der Waals surface area contributed by atoms with Gasteiger partial charge in [0.05, 0.1) is 40.5 Å². The quantitative estimate of drug-likeness (QED) is 0.664. The number of para-hydroxylation sites is 1. The molecule has 0 spiro atoms. The first-order valence-electron chi connectivity index (χ1n) is 8.69. The number of aromatic nitrogens is 1. The van der Waals surface area contributed by atoms with Crippen molar-refractivity contribution in [2.45, 2.75) is 12.6 Å². The second kappa shape index (κ2) is 7.19. The van der Waals surface area contributed by atoms with Crippen molar-refractivity contribution >= 4 is 33.4 Å². The van der Waals surface area contributed by atoms with Crippen molar-refractivity contribution in [1.82, 2.24) is 14.8 Å². The van der Waals surface area contributed by atoms with Gasteiger partial charge in [-0.3, -0.25) is 19.4 Å². The minimum Gasteiger partial charge on any atom is -0.390 e. The second-order valence-electron chi connectivity index (χ2n) is 6.69. The molecule has 1 unspecified atom stereocenters. The molecule has 0 saturated heterocycles. The second-order valence-corrected chi connectivity index (χ2v) is 7.81. The third kappa shape index (κ3) is 3.49. The zero-order valence-electron chi connectivity index (χ0n) is 14.8. The summed E-state index contributed by atoms with van der Waals surface area (Å²) in [6.07, 6.45) is -0.827. The van der Waals surface area contributed by atoms with E-state index >= 15 is 0 Å². The number of aliphatic hydroxyl groups excluding tert-OH is 1. The van der Waals surface area contributed by atoms with E-state index in [2.05, 4.69) is 4.98 Å². The monoisotopic (exact) mass is 381 g/mol. The van der Waals surface area contributed by atoms with Crippen LogP contribution >= 0.6 is 11.3 Å². The molecule has 0 aliphatic carbocycles. The lowest BCUT2D eigenvalue weighted by atomic mass is 10.1. The number of carbonyl (C=O) groups excluding carboxylic acids is 2. The number of thiazole rings is 1. The molecule has 138 valence electrons. The van der Waals surface area contributed by atoms with Crippen LogP contribution in [0.15, 0.2) is 48.5 Å². The van der Waals surface area contributed by atoms with Crippen LogP contribution in [0.2, 0.25) is 0 Å². The van der Waals surface area contributed by atoms with Crippen LogP contribution in [0, 0.1) is 0 Å². The molecule has 1 atom stereocenters. The van der Waals surface area contributed by atoms with Crippen molar-refractivity contribution in [3.8, 4) is 0 Å². The smallest absolute Gasteiger partial charge is 0.261 e. The minimum atomic E-state index is -0.827. The molecule has 0 radical (unpaired) electrons. The predicted molar refractivity (Wildman–Crippen MR) is 104 cm³/mol. The summed E-state index contributed by atoms with van der Waals surface area (Å²) in [5.74, 6) is -0.688. The molecule has 7 heteroatoms. The van der Waals surface area contributed by atoms with E-state index < -0.39 is 6.10 Å². The van der Waals surface area contributed by atoms with Gasteiger partial charge in [0.2, 0.25) is 0 Å². The van der Waals surface area contributed by atoms with Crippen LogP contribution in [0.3, 0.4) is 0 Å². The Morgan fingerprint density at radius 2 is 1.70 bits per heavy atom. The number of imide groups is 1. The summed E-state index contributed by atoms with van der Waals surface area (Å²) in [5.41, 5.74) is 1.77. The van der Waals surface area contributed by atoms with E-state index in [4.69, 9.17) is 0 Å². The lowest BCUT2D eigenvalue weighted by molar-refractivity contribution is 0.0488. The van der Waals surface area contributed by atoms with Gasteiger partial charge in [-0.25, -0.2) is 4.98 Å². The molecule has 1 N–H and O–H groups in total. The zero-order valence-corrected chi connectivity index (χ0v) is 15.6. The number of benzene rings is 2. The highest BCUT2D eigenvalue weighted by Gasteiger charge is 2.36. The molecule has 1 aliphatic heterocycles. The van der Waals surface area contributed by atoms with Gasteiger partial charge in [-0.15, -0.1) is 11.3 Å². The number of hydrogen-bond donors (Lipinski definition) is 1. The highest BCUT2D eigenvalue weighted by atomic mass is 32.1. The number of carbonyl (C=O) groups is 2. The summed E-state index contributed by atoms with van der Waals surface area (Å²) in [6.45, 7) is 0.915. The fourth-order valence-corrected chi connectivity index (χ4v) is 4.36. The lowest BCUT2D eigenvalue weighted by Crippen LogP contribution is -2.41. The molecule has 6 nitrogen and oxygen atoms in total. The van der Waals surface area contributed by atoms with E-state index in [1.807, 2.05) is 36.2 Å². The SMILES string of the molecule is CN(Cc1nc2ccccc2s1)CC(O)CN1C(=O)c2ccccc2C1=O. The fourth-order valence-electron chi connectivity index (χ4n) is 3.32. The van der Waals surface area contributed by atoms with E-state index in [9.17, 15) is 14.7 Å². The largest absolute Gasteiger partial charge is 0.390 e. The molecule has 4 rings (SSSR count). The van der Waals surface area contributed by atoms with Gasteiger partial charge in [-0.05, 0) is 31.3 Å². The topological polar surface area (TPSA) is 73.7 Å². The van der Waals surface area contributed by atoms with Crippen molar-refractivity contribution < 1.29 is 14.7 Å². The standard InChI is InChI=1S/C20H19N3O3S/c1-22(12-18-21-16-8-4-5-9-17(16)27-18)10-13(24)11-23-19(25)14-6-2-3-7-15(14)20(23)26/h2-9,13,24H,10-12H2,1H3. The van der Waals surface area contributed by atoms with Crippen LogP contribution in [-0.2, 0) is 6.54 Å². The Balaban J connectivity index is 1.37. The average molecular weight is 381 g/mol. The summed E-state index contributed by atoms with van der Waals surface area (Å²) >= 11 is 1.62. The Labute approximate surface area is 160 Å².